The summed E-state index contributed by atoms with van der Waals surface area (Å²) in [7, 11) is 1.92. The molecule has 2 fully saturated rings. The number of aromatic nitrogens is 2. The number of amides is 1. The maximum Gasteiger partial charge on any atom is 0.270 e. The number of nitrogens with zero attached hydrogens (tertiary/aromatic N) is 3. The van der Waals surface area contributed by atoms with E-state index < -0.39 is 0 Å². The summed E-state index contributed by atoms with van der Waals surface area (Å²) in [6.45, 7) is 3.07. The highest BCUT2D eigenvalue weighted by molar-refractivity contribution is 5.92. The molecule has 1 amide bonds. The number of pyridine rings is 1. The van der Waals surface area contributed by atoms with Crippen molar-refractivity contribution < 1.29 is 14.3 Å². The lowest BCUT2D eigenvalue weighted by atomic mass is 9.78. The van der Waals surface area contributed by atoms with E-state index in [-0.39, 0.29) is 11.5 Å². The van der Waals surface area contributed by atoms with Crippen molar-refractivity contribution in [3.63, 3.8) is 0 Å². The van der Waals surface area contributed by atoms with Gasteiger partial charge in [0.15, 0.2) is 0 Å². The van der Waals surface area contributed by atoms with Crippen LogP contribution < -0.4 is 4.74 Å². The Kier molecular flexibility index (Phi) is 5.67. The molecule has 2 aliphatic heterocycles. The predicted molar refractivity (Wildman–Crippen MR) is 106 cm³/mol. The van der Waals surface area contributed by atoms with E-state index in [9.17, 15) is 4.79 Å². The first kappa shape index (κ1) is 19.0. The summed E-state index contributed by atoms with van der Waals surface area (Å²) in [6, 6.07) is 7.60. The van der Waals surface area contributed by atoms with Gasteiger partial charge in [-0.1, -0.05) is 0 Å². The molecule has 0 N–H and O–H groups in total. The Hall–Kier alpha value is -2.34. The molecule has 0 saturated carbocycles. The van der Waals surface area contributed by atoms with Crippen LogP contribution in [0.4, 0.5) is 0 Å². The Bertz CT molecular complexity index is 781. The summed E-state index contributed by atoms with van der Waals surface area (Å²) in [5.41, 5.74) is 0.691. The van der Waals surface area contributed by atoms with Gasteiger partial charge in [-0.3, -0.25) is 9.78 Å². The number of hydrogen-bond donors (Lipinski definition) is 0. The average Bonchev–Trinajstić information content (AvgIpc) is 3.15. The molecule has 1 unspecified atom stereocenters. The van der Waals surface area contributed by atoms with E-state index in [1.807, 2.05) is 47.0 Å². The van der Waals surface area contributed by atoms with Gasteiger partial charge >= 0.3 is 0 Å². The number of rotatable bonds is 5. The number of hydrogen-bond acceptors (Lipinski definition) is 4. The molecule has 0 aliphatic carbocycles. The molecule has 6 heteroatoms. The lowest BCUT2D eigenvalue weighted by Gasteiger charge is -2.46. The molecule has 0 aromatic carbocycles. The molecule has 1 atom stereocenters. The average molecular weight is 383 g/mol. The number of carbonyl (C=O) groups is 1. The first-order valence-electron chi connectivity index (χ1n) is 10.2. The van der Waals surface area contributed by atoms with Crippen molar-refractivity contribution in [1.82, 2.24) is 14.5 Å². The fourth-order valence-electron chi connectivity index (χ4n) is 4.46. The normalized spacial score (nSPS) is 21.6. The number of aryl methyl sites for hydroxylation is 1. The predicted octanol–water partition coefficient (Wildman–Crippen LogP) is 3.29. The zero-order valence-corrected chi connectivity index (χ0v) is 16.5. The smallest absolute Gasteiger partial charge is 0.270 e. The van der Waals surface area contributed by atoms with E-state index in [0.29, 0.717) is 5.92 Å². The van der Waals surface area contributed by atoms with Crippen molar-refractivity contribution in [3.8, 4) is 5.75 Å². The minimum atomic E-state index is -0.0649. The van der Waals surface area contributed by atoms with Crippen molar-refractivity contribution >= 4 is 5.91 Å². The summed E-state index contributed by atoms with van der Waals surface area (Å²) in [5, 5.41) is 0. The Morgan fingerprint density at radius 2 is 2.07 bits per heavy atom. The lowest BCUT2D eigenvalue weighted by Crippen LogP contribution is -2.51. The van der Waals surface area contributed by atoms with Gasteiger partial charge in [-0.25, -0.2) is 0 Å². The molecule has 150 valence electrons. The highest BCUT2D eigenvalue weighted by Crippen LogP contribution is 2.39. The van der Waals surface area contributed by atoms with Gasteiger partial charge < -0.3 is 18.9 Å². The lowest BCUT2D eigenvalue weighted by molar-refractivity contribution is -0.125. The molecular formula is C22H29N3O3. The summed E-state index contributed by atoms with van der Waals surface area (Å²) >= 11 is 0. The topological polar surface area (TPSA) is 56.6 Å². The van der Waals surface area contributed by atoms with Gasteiger partial charge in [0.05, 0.1) is 12.2 Å². The molecular weight excluding hydrogens is 354 g/mol. The molecule has 0 radical (unpaired) electrons. The first-order valence-corrected chi connectivity index (χ1v) is 10.2. The minimum absolute atomic E-state index is 0.0649. The Balaban J connectivity index is 1.27. The van der Waals surface area contributed by atoms with Gasteiger partial charge in [0.2, 0.25) is 0 Å². The maximum atomic E-state index is 12.7. The van der Waals surface area contributed by atoms with Gasteiger partial charge in [-0.05, 0) is 62.3 Å². The standard InChI is InChI=1S/C22H29N3O3/c1-24-12-2-3-20(24)21(26)25-13-8-22(9-14-25)17-18(7-16-28-22)6-15-27-19-4-10-23-11-5-19/h2-5,10-12,18H,6-9,13-17H2,1H3. The largest absolute Gasteiger partial charge is 0.493 e. The Morgan fingerprint density at radius 1 is 1.29 bits per heavy atom. The van der Waals surface area contributed by atoms with Gasteiger partial charge in [-0.2, -0.15) is 0 Å². The third kappa shape index (κ3) is 4.22. The molecule has 2 aromatic heterocycles. The second-order valence-corrected chi connectivity index (χ2v) is 8.01. The van der Waals surface area contributed by atoms with Crippen molar-refractivity contribution in [1.29, 1.82) is 0 Å². The molecule has 4 rings (SSSR count). The summed E-state index contributed by atoms with van der Waals surface area (Å²) in [6.07, 6.45) is 10.5. The molecule has 2 saturated heterocycles. The molecule has 2 aromatic rings. The van der Waals surface area contributed by atoms with Crippen LogP contribution in [0.15, 0.2) is 42.9 Å². The van der Waals surface area contributed by atoms with Crippen molar-refractivity contribution in [2.75, 3.05) is 26.3 Å². The second-order valence-electron chi connectivity index (χ2n) is 8.01. The summed E-state index contributed by atoms with van der Waals surface area (Å²) < 4.78 is 14.0. The van der Waals surface area contributed by atoms with Gasteiger partial charge in [0.1, 0.15) is 11.4 Å². The van der Waals surface area contributed by atoms with Gasteiger partial charge in [0.25, 0.3) is 5.91 Å². The Morgan fingerprint density at radius 3 is 2.79 bits per heavy atom. The third-order valence-electron chi connectivity index (χ3n) is 6.16. The zero-order valence-electron chi connectivity index (χ0n) is 16.5. The minimum Gasteiger partial charge on any atom is -0.493 e. The number of ether oxygens (including phenoxy) is 2. The first-order chi connectivity index (χ1) is 13.7. The van der Waals surface area contributed by atoms with Crippen LogP contribution in [-0.4, -0.2) is 52.3 Å². The van der Waals surface area contributed by atoms with Crippen LogP contribution in [0.25, 0.3) is 0 Å². The third-order valence-corrected chi connectivity index (χ3v) is 6.16. The SMILES string of the molecule is Cn1cccc1C(=O)N1CCC2(CC1)CC(CCOc1ccncc1)CCO2. The van der Waals surface area contributed by atoms with E-state index >= 15 is 0 Å². The monoisotopic (exact) mass is 383 g/mol. The van der Waals surface area contributed by atoms with Crippen molar-refractivity contribution in [3.05, 3.63) is 48.5 Å². The highest BCUT2D eigenvalue weighted by atomic mass is 16.5. The maximum absolute atomic E-state index is 12.7. The van der Waals surface area contributed by atoms with Crippen molar-refractivity contribution in [2.45, 2.75) is 37.7 Å². The summed E-state index contributed by atoms with van der Waals surface area (Å²) in [4.78, 5) is 18.7. The van der Waals surface area contributed by atoms with Gasteiger partial charge in [-0.15, -0.1) is 0 Å². The van der Waals surface area contributed by atoms with E-state index in [0.717, 1.165) is 69.9 Å². The van der Waals surface area contributed by atoms with Crippen LogP contribution in [0, 0.1) is 5.92 Å². The van der Waals surface area contributed by atoms with Crippen LogP contribution in [-0.2, 0) is 11.8 Å². The molecule has 4 heterocycles. The molecule has 6 nitrogen and oxygen atoms in total. The molecule has 2 aliphatic rings. The van der Waals surface area contributed by atoms with E-state index in [1.165, 1.54) is 0 Å². The zero-order chi connectivity index (χ0) is 19.4. The second kappa shape index (κ2) is 8.35. The van der Waals surface area contributed by atoms with Crippen molar-refractivity contribution in [2.24, 2.45) is 13.0 Å². The van der Waals surface area contributed by atoms with Crippen LogP contribution in [0.5, 0.6) is 5.75 Å². The highest BCUT2D eigenvalue weighted by Gasteiger charge is 2.41. The molecule has 28 heavy (non-hydrogen) atoms. The fraction of sp³-hybridized carbons (Fsp3) is 0.545. The van der Waals surface area contributed by atoms with E-state index in [4.69, 9.17) is 9.47 Å². The number of piperidine rings is 1. The van der Waals surface area contributed by atoms with Crippen LogP contribution >= 0.6 is 0 Å². The molecule has 0 bridgehead atoms. The van der Waals surface area contributed by atoms with E-state index in [2.05, 4.69) is 4.98 Å². The Labute approximate surface area is 166 Å². The quantitative estimate of drug-likeness (QED) is 0.795. The van der Waals surface area contributed by atoms with Crippen LogP contribution in [0.2, 0.25) is 0 Å². The van der Waals surface area contributed by atoms with Gasteiger partial charge in [0, 0.05) is 45.3 Å². The summed E-state index contributed by atoms with van der Waals surface area (Å²) in [5.74, 6) is 1.62. The van der Waals surface area contributed by atoms with Crippen LogP contribution in [0.1, 0.15) is 42.6 Å². The number of likely N-dealkylation sites (tertiary alicyclic amines) is 1. The van der Waals surface area contributed by atoms with Crippen LogP contribution in [0.3, 0.4) is 0 Å². The fourth-order valence-corrected chi connectivity index (χ4v) is 4.46. The molecule has 1 spiro atoms. The van der Waals surface area contributed by atoms with E-state index in [1.54, 1.807) is 12.4 Å². The number of carbonyl (C=O) groups excluding carboxylic acids is 1.